The molecule has 1 aliphatic carbocycles. The summed E-state index contributed by atoms with van der Waals surface area (Å²) < 4.78 is 28.9. The van der Waals surface area contributed by atoms with Crippen molar-refractivity contribution in [1.29, 1.82) is 0 Å². The molecule has 0 radical (unpaired) electrons. The molecule has 1 saturated carbocycles. The first-order valence-electron chi connectivity index (χ1n) is 12.5. The molecule has 2 N–H and O–H groups in total. The minimum atomic E-state index is -3.85. The van der Waals surface area contributed by atoms with Gasteiger partial charge in [0.2, 0.25) is 5.91 Å². The van der Waals surface area contributed by atoms with Crippen molar-refractivity contribution in [2.24, 2.45) is 5.92 Å². The van der Waals surface area contributed by atoms with Crippen molar-refractivity contribution in [2.45, 2.75) is 69.7 Å². The quantitative estimate of drug-likeness (QED) is 0.618. The van der Waals surface area contributed by atoms with Crippen molar-refractivity contribution in [3.63, 3.8) is 0 Å². The second-order valence-electron chi connectivity index (χ2n) is 9.83. The fourth-order valence-electron chi connectivity index (χ4n) is 5.04. The zero-order valence-electron chi connectivity index (χ0n) is 20.5. The van der Waals surface area contributed by atoms with Crippen molar-refractivity contribution in [2.75, 3.05) is 17.8 Å². The maximum atomic E-state index is 13.3. The predicted octanol–water partition coefficient (Wildman–Crippen LogP) is 4.41. The van der Waals surface area contributed by atoms with Crippen molar-refractivity contribution < 1.29 is 18.0 Å². The van der Waals surface area contributed by atoms with E-state index in [-0.39, 0.29) is 34.4 Å². The highest BCUT2D eigenvalue weighted by Crippen LogP contribution is 2.26. The molecule has 2 aliphatic rings. The summed E-state index contributed by atoms with van der Waals surface area (Å²) in [6.07, 6.45) is 6.79. The molecule has 4 rings (SSSR count). The molecule has 1 saturated heterocycles. The van der Waals surface area contributed by atoms with Crippen LogP contribution in [0.3, 0.4) is 0 Å². The molecule has 8 heteroatoms. The zero-order valence-corrected chi connectivity index (χ0v) is 21.4. The van der Waals surface area contributed by atoms with Crippen LogP contribution in [0.1, 0.15) is 66.4 Å². The molecule has 0 spiro atoms. The van der Waals surface area contributed by atoms with Gasteiger partial charge in [0.15, 0.2) is 0 Å². The number of hydrogen-bond donors (Lipinski definition) is 2. The van der Waals surface area contributed by atoms with E-state index in [2.05, 4.69) is 10.0 Å². The van der Waals surface area contributed by atoms with Crippen LogP contribution in [0.4, 0.5) is 5.69 Å². The highest BCUT2D eigenvalue weighted by Gasteiger charge is 2.29. The molecule has 2 amide bonds. The van der Waals surface area contributed by atoms with E-state index in [9.17, 15) is 18.0 Å². The second kappa shape index (κ2) is 10.8. The van der Waals surface area contributed by atoms with Crippen LogP contribution < -0.4 is 10.0 Å². The van der Waals surface area contributed by atoms with Crippen molar-refractivity contribution in [3.05, 3.63) is 59.2 Å². The van der Waals surface area contributed by atoms with Crippen molar-refractivity contribution >= 4 is 27.5 Å². The number of amides is 2. The molecule has 2 aromatic rings. The molecule has 2 aromatic carbocycles. The summed E-state index contributed by atoms with van der Waals surface area (Å²) in [7, 11) is -3.85. The molecule has 1 heterocycles. The molecule has 0 aromatic heterocycles. The van der Waals surface area contributed by atoms with Crippen molar-refractivity contribution in [1.82, 2.24) is 10.2 Å². The van der Waals surface area contributed by atoms with Gasteiger partial charge in [0.05, 0.1) is 16.1 Å². The highest BCUT2D eigenvalue weighted by molar-refractivity contribution is 7.92. The number of sulfonamides is 1. The number of nitrogens with zero attached hydrogens (tertiary/aromatic N) is 1. The summed E-state index contributed by atoms with van der Waals surface area (Å²) in [5.41, 5.74) is 2.08. The van der Waals surface area contributed by atoms with Crippen LogP contribution in [0.25, 0.3) is 0 Å². The summed E-state index contributed by atoms with van der Waals surface area (Å²) in [6, 6.07) is 12.1. The smallest absolute Gasteiger partial charge is 0.262 e. The Morgan fingerprint density at radius 2 is 1.60 bits per heavy atom. The Balaban J connectivity index is 1.41. The lowest BCUT2D eigenvalue weighted by Crippen LogP contribution is -2.48. The van der Waals surface area contributed by atoms with Gasteiger partial charge in [-0.05, 0) is 68.9 Å². The van der Waals surface area contributed by atoms with Crippen LogP contribution in [-0.2, 0) is 14.8 Å². The van der Waals surface area contributed by atoms with Crippen LogP contribution in [0.2, 0.25) is 0 Å². The van der Waals surface area contributed by atoms with E-state index in [1.807, 2.05) is 13.0 Å². The Labute approximate surface area is 208 Å². The number of nitrogens with one attached hydrogen (secondary N) is 2. The van der Waals surface area contributed by atoms with Gasteiger partial charge < -0.3 is 10.2 Å². The molecular weight excluding hydrogens is 462 g/mol. The first-order chi connectivity index (χ1) is 16.7. The highest BCUT2D eigenvalue weighted by atomic mass is 32.2. The molecule has 0 atom stereocenters. The van der Waals surface area contributed by atoms with Gasteiger partial charge in [0.25, 0.3) is 15.9 Å². The fraction of sp³-hybridized carbons (Fsp3) is 0.481. The van der Waals surface area contributed by atoms with E-state index in [1.165, 1.54) is 6.42 Å². The van der Waals surface area contributed by atoms with Crippen LogP contribution in [0.5, 0.6) is 0 Å². The lowest BCUT2D eigenvalue weighted by Gasteiger charge is -2.34. The molecule has 1 aliphatic heterocycles. The SMILES string of the molecule is Cc1ccc(C)c(S(=O)(=O)Nc2ccccc2C(=O)N2CCC(NC(=O)C3CCCCC3)CC2)c1. The van der Waals surface area contributed by atoms with Gasteiger partial charge in [-0.15, -0.1) is 0 Å². The van der Waals surface area contributed by atoms with Gasteiger partial charge in [0, 0.05) is 25.0 Å². The average Bonchev–Trinajstić information content (AvgIpc) is 2.86. The first-order valence-corrected chi connectivity index (χ1v) is 14.0. The Morgan fingerprint density at radius 1 is 0.914 bits per heavy atom. The number of benzene rings is 2. The predicted molar refractivity (Wildman–Crippen MR) is 137 cm³/mol. The molecular formula is C27H35N3O4S. The largest absolute Gasteiger partial charge is 0.353 e. The summed E-state index contributed by atoms with van der Waals surface area (Å²) in [5, 5.41) is 3.19. The Hall–Kier alpha value is -2.87. The minimum Gasteiger partial charge on any atom is -0.353 e. The minimum absolute atomic E-state index is 0.0755. The van der Waals surface area contributed by atoms with Gasteiger partial charge in [0.1, 0.15) is 0 Å². The van der Waals surface area contributed by atoms with Crippen LogP contribution >= 0.6 is 0 Å². The maximum absolute atomic E-state index is 13.3. The summed E-state index contributed by atoms with van der Waals surface area (Å²) in [6.45, 7) is 4.64. The Bertz CT molecular complexity index is 1180. The number of anilines is 1. The lowest BCUT2D eigenvalue weighted by atomic mass is 9.88. The maximum Gasteiger partial charge on any atom is 0.262 e. The second-order valence-corrected chi connectivity index (χ2v) is 11.5. The van der Waals surface area contributed by atoms with E-state index in [0.717, 1.165) is 31.2 Å². The molecule has 188 valence electrons. The normalized spacial score (nSPS) is 17.7. The Kier molecular flexibility index (Phi) is 7.79. The third-order valence-electron chi connectivity index (χ3n) is 7.14. The van der Waals surface area contributed by atoms with Gasteiger partial charge in [-0.3, -0.25) is 14.3 Å². The molecule has 7 nitrogen and oxygen atoms in total. The number of rotatable bonds is 6. The Morgan fingerprint density at radius 3 is 2.31 bits per heavy atom. The number of piperidine rings is 1. The van der Waals surface area contributed by atoms with E-state index in [0.29, 0.717) is 37.1 Å². The summed E-state index contributed by atoms with van der Waals surface area (Å²) in [4.78, 5) is 27.9. The van der Waals surface area contributed by atoms with Crippen LogP contribution in [-0.4, -0.2) is 44.3 Å². The van der Waals surface area contributed by atoms with Gasteiger partial charge in [-0.25, -0.2) is 8.42 Å². The van der Waals surface area contributed by atoms with E-state index < -0.39 is 10.0 Å². The van der Waals surface area contributed by atoms with Crippen LogP contribution in [0.15, 0.2) is 47.4 Å². The summed E-state index contributed by atoms with van der Waals surface area (Å²) >= 11 is 0. The average molecular weight is 498 g/mol. The molecule has 2 fully saturated rings. The molecule has 35 heavy (non-hydrogen) atoms. The number of hydrogen-bond acceptors (Lipinski definition) is 4. The number of likely N-dealkylation sites (tertiary alicyclic amines) is 1. The van der Waals surface area contributed by atoms with Gasteiger partial charge in [-0.2, -0.15) is 0 Å². The standard InChI is InChI=1S/C27H35N3O4S/c1-19-12-13-20(2)25(18-19)35(33,34)29-24-11-7-6-10-23(24)27(32)30-16-14-22(15-17-30)28-26(31)21-8-4-3-5-9-21/h6-7,10-13,18,21-22,29H,3-5,8-9,14-17H2,1-2H3,(H,28,31). The first kappa shape index (κ1) is 25.2. The van der Waals surface area contributed by atoms with Gasteiger partial charge in [-0.1, -0.05) is 43.5 Å². The van der Waals surface area contributed by atoms with Crippen LogP contribution in [0, 0.1) is 19.8 Å². The lowest BCUT2D eigenvalue weighted by molar-refractivity contribution is -0.126. The fourth-order valence-corrected chi connectivity index (χ4v) is 6.45. The van der Waals surface area contributed by atoms with Crippen molar-refractivity contribution in [3.8, 4) is 0 Å². The zero-order chi connectivity index (χ0) is 25.0. The van der Waals surface area contributed by atoms with E-state index in [4.69, 9.17) is 0 Å². The third kappa shape index (κ3) is 6.04. The number of carbonyl (C=O) groups excluding carboxylic acids is 2. The van der Waals surface area contributed by atoms with E-state index in [1.54, 1.807) is 48.2 Å². The topological polar surface area (TPSA) is 95.6 Å². The number of aryl methyl sites for hydroxylation is 2. The molecule has 0 unspecified atom stereocenters. The van der Waals surface area contributed by atoms with E-state index >= 15 is 0 Å². The number of para-hydroxylation sites is 1. The van der Waals surface area contributed by atoms with Gasteiger partial charge >= 0.3 is 0 Å². The molecule has 0 bridgehead atoms. The summed E-state index contributed by atoms with van der Waals surface area (Å²) in [5.74, 6) is 0.0716. The monoisotopic (exact) mass is 497 g/mol. The number of carbonyl (C=O) groups is 2. The third-order valence-corrected chi connectivity index (χ3v) is 8.65.